The van der Waals surface area contributed by atoms with Gasteiger partial charge in [0.15, 0.2) is 0 Å². The largest absolute Gasteiger partial charge is 0.497 e. The summed E-state index contributed by atoms with van der Waals surface area (Å²) in [5, 5.41) is 7.47. The monoisotopic (exact) mass is 281 g/mol. The highest BCUT2D eigenvalue weighted by Gasteiger charge is 2.17. The maximum atomic E-state index is 11.8. The average molecular weight is 281 g/mol. The third-order valence-electron chi connectivity index (χ3n) is 2.64. The van der Waals surface area contributed by atoms with Gasteiger partial charge in [-0.25, -0.2) is 4.79 Å². The lowest BCUT2D eigenvalue weighted by molar-refractivity contribution is -0.120. The topological polar surface area (TPSA) is 88.7 Å². The Morgan fingerprint density at radius 3 is 2.45 bits per heavy atom. The number of anilines is 1. The minimum Gasteiger partial charge on any atom is -0.497 e. The van der Waals surface area contributed by atoms with Crippen LogP contribution in [0.2, 0.25) is 0 Å². The molecule has 3 N–H and O–H groups in total. The van der Waals surface area contributed by atoms with Crippen molar-refractivity contribution in [1.82, 2.24) is 10.6 Å². The summed E-state index contributed by atoms with van der Waals surface area (Å²) in [4.78, 5) is 22.9. The normalized spacial score (nSPS) is 11.2. The molecular formula is C13H19N3O4. The van der Waals surface area contributed by atoms with Crippen LogP contribution in [0.25, 0.3) is 0 Å². The number of hydrogen-bond donors (Lipinski definition) is 3. The van der Waals surface area contributed by atoms with Crippen LogP contribution in [0.3, 0.4) is 0 Å². The van der Waals surface area contributed by atoms with Crippen LogP contribution in [0.4, 0.5) is 10.5 Å². The molecule has 0 radical (unpaired) electrons. The van der Waals surface area contributed by atoms with Crippen molar-refractivity contribution >= 4 is 17.6 Å². The van der Waals surface area contributed by atoms with E-state index in [2.05, 4.69) is 16.0 Å². The van der Waals surface area contributed by atoms with E-state index in [-0.39, 0.29) is 0 Å². The summed E-state index contributed by atoms with van der Waals surface area (Å²) >= 11 is 0. The van der Waals surface area contributed by atoms with Crippen molar-refractivity contribution in [3.05, 3.63) is 18.2 Å². The molecule has 0 saturated carbocycles. The summed E-state index contributed by atoms with van der Waals surface area (Å²) in [5.41, 5.74) is 0.603. The zero-order chi connectivity index (χ0) is 15.1. The number of methoxy groups -OCH3 is 2. The summed E-state index contributed by atoms with van der Waals surface area (Å²) < 4.78 is 10.3. The number of hydrogen-bond acceptors (Lipinski definition) is 5. The SMILES string of the molecule is CNC(=O)NC(=O)C(C)Nc1cc(OC)ccc1OC. The molecule has 1 rings (SSSR count). The molecule has 0 fully saturated rings. The van der Waals surface area contributed by atoms with E-state index in [1.807, 2.05) is 0 Å². The number of imide groups is 1. The third-order valence-corrected chi connectivity index (χ3v) is 2.64. The fraction of sp³-hybridized carbons (Fsp3) is 0.385. The summed E-state index contributed by atoms with van der Waals surface area (Å²) in [6.45, 7) is 1.64. The van der Waals surface area contributed by atoms with Crippen molar-refractivity contribution in [1.29, 1.82) is 0 Å². The quantitative estimate of drug-likeness (QED) is 0.748. The number of urea groups is 1. The number of carbonyl (C=O) groups excluding carboxylic acids is 2. The molecule has 0 aromatic heterocycles. The lowest BCUT2D eigenvalue weighted by Crippen LogP contribution is -2.44. The molecule has 110 valence electrons. The minimum atomic E-state index is -0.617. The van der Waals surface area contributed by atoms with Crippen LogP contribution >= 0.6 is 0 Å². The van der Waals surface area contributed by atoms with E-state index in [1.54, 1.807) is 32.2 Å². The maximum Gasteiger partial charge on any atom is 0.321 e. The molecule has 0 saturated heterocycles. The lowest BCUT2D eigenvalue weighted by Gasteiger charge is -2.17. The van der Waals surface area contributed by atoms with Gasteiger partial charge in [0.1, 0.15) is 17.5 Å². The van der Waals surface area contributed by atoms with Crippen LogP contribution in [-0.2, 0) is 4.79 Å². The van der Waals surface area contributed by atoms with E-state index < -0.39 is 18.0 Å². The Labute approximate surface area is 117 Å². The highest BCUT2D eigenvalue weighted by molar-refractivity contribution is 5.98. The predicted octanol–water partition coefficient (Wildman–Crippen LogP) is 0.960. The first-order valence-corrected chi connectivity index (χ1v) is 6.03. The minimum absolute atomic E-state index is 0.450. The van der Waals surface area contributed by atoms with E-state index in [0.29, 0.717) is 17.2 Å². The second-order valence-corrected chi connectivity index (χ2v) is 4.00. The molecule has 0 heterocycles. The average Bonchev–Trinajstić information content (AvgIpc) is 2.46. The van der Waals surface area contributed by atoms with Gasteiger partial charge in [0.25, 0.3) is 0 Å². The Balaban J connectivity index is 2.80. The number of carbonyl (C=O) groups is 2. The van der Waals surface area contributed by atoms with E-state index in [9.17, 15) is 9.59 Å². The van der Waals surface area contributed by atoms with Crippen molar-refractivity contribution in [2.75, 3.05) is 26.6 Å². The summed E-state index contributed by atoms with van der Waals surface area (Å²) in [7, 11) is 4.52. The second kappa shape index (κ2) is 7.22. The maximum absolute atomic E-state index is 11.8. The molecule has 0 aliphatic heterocycles. The van der Waals surface area contributed by atoms with E-state index in [0.717, 1.165) is 0 Å². The fourth-order valence-electron chi connectivity index (χ4n) is 1.51. The van der Waals surface area contributed by atoms with Gasteiger partial charge in [0.05, 0.1) is 19.9 Å². The molecule has 0 aliphatic carbocycles. The number of benzene rings is 1. The van der Waals surface area contributed by atoms with E-state index >= 15 is 0 Å². The van der Waals surface area contributed by atoms with Gasteiger partial charge in [-0.1, -0.05) is 0 Å². The molecule has 7 nitrogen and oxygen atoms in total. The molecule has 1 aromatic rings. The molecule has 1 atom stereocenters. The van der Waals surface area contributed by atoms with Crippen molar-refractivity contribution < 1.29 is 19.1 Å². The Morgan fingerprint density at radius 1 is 1.20 bits per heavy atom. The van der Waals surface area contributed by atoms with Crippen LogP contribution in [-0.4, -0.2) is 39.2 Å². The Kier molecular flexibility index (Phi) is 5.64. The van der Waals surface area contributed by atoms with Crippen LogP contribution in [0, 0.1) is 0 Å². The Morgan fingerprint density at radius 2 is 1.90 bits per heavy atom. The number of amides is 3. The standard InChI is InChI=1S/C13H19N3O4/c1-8(12(17)16-13(18)14-2)15-10-7-9(19-3)5-6-11(10)20-4/h5-8,15H,1-4H3,(H2,14,16,17,18). The molecule has 0 spiro atoms. The van der Waals surface area contributed by atoms with Crippen molar-refractivity contribution in [3.8, 4) is 11.5 Å². The first-order chi connectivity index (χ1) is 9.51. The van der Waals surface area contributed by atoms with Crippen LogP contribution < -0.4 is 25.4 Å². The van der Waals surface area contributed by atoms with Gasteiger partial charge in [0, 0.05) is 13.1 Å². The van der Waals surface area contributed by atoms with E-state index in [4.69, 9.17) is 9.47 Å². The number of rotatable bonds is 5. The summed E-state index contributed by atoms with van der Waals surface area (Å²) in [6.07, 6.45) is 0. The highest BCUT2D eigenvalue weighted by atomic mass is 16.5. The lowest BCUT2D eigenvalue weighted by atomic mass is 10.2. The van der Waals surface area contributed by atoms with Gasteiger partial charge in [-0.2, -0.15) is 0 Å². The van der Waals surface area contributed by atoms with Crippen LogP contribution in [0.15, 0.2) is 18.2 Å². The molecule has 1 aromatic carbocycles. The molecular weight excluding hydrogens is 262 g/mol. The van der Waals surface area contributed by atoms with E-state index in [1.165, 1.54) is 14.2 Å². The van der Waals surface area contributed by atoms with Crippen molar-refractivity contribution in [2.24, 2.45) is 0 Å². The molecule has 0 bridgehead atoms. The Bertz CT molecular complexity index is 491. The number of ether oxygens (including phenoxy) is 2. The summed E-state index contributed by atoms with van der Waals surface area (Å²) in [6, 6.07) is 4.02. The smallest absolute Gasteiger partial charge is 0.321 e. The predicted molar refractivity (Wildman–Crippen MR) is 75.2 cm³/mol. The molecule has 20 heavy (non-hydrogen) atoms. The van der Waals surface area contributed by atoms with Crippen LogP contribution in [0.5, 0.6) is 11.5 Å². The molecule has 0 aliphatic rings. The van der Waals surface area contributed by atoms with Crippen molar-refractivity contribution in [2.45, 2.75) is 13.0 Å². The number of nitrogens with one attached hydrogen (secondary N) is 3. The van der Waals surface area contributed by atoms with Gasteiger partial charge >= 0.3 is 6.03 Å². The molecule has 3 amide bonds. The van der Waals surface area contributed by atoms with Gasteiger partial charge in [-0.05, 0) is 19.1 Å². The van der Waals surface area contributed by atoms with Crippen molar-refractivity contribution in [3.63, 3.8) is 0 Å². The summed E-state index contributed by atoms with van der Waals surface area (Å²) in [5.74, 6) is 0.756. The van der Waals surface area contributed by atoms with Crippen LogP contribution in [0.1, 0.15) is 6.92 Å². The first-order valence-electron chi connectivity index (χ1n) is 6.03. The zero-order valence-corrected chi connectivity index (χ0v) is 11.9. The zero-order valence-electron chi connectivity index (χ0n) is 11.9. The first kappa shape index (κ1) is 15.6. The molecule has 7 heteroatoms. The van der Waals surface area contributed by atoms with Gasteiger partial charge in [0.2, 0.25) is 5.91 Å². The van der Waals surface area contributed by atoms with Gasteiger partial charge < -0.3 is 20.1 Å². The molecule has 1 unspecified atom stereocenters. The Hall–Kier alpha value is -2.44. The van der Waals surface area contributed by atoms with Gasteiger partial charge in [-0.3, -0.25) is 10.1 Å². The van der Waals surface area contributed by atoms with Gasteiger partial charge in [-0.15, -0.1) is 0 Å². The highest BCUT2D eigenvalue weighted by Crippen LogP contribution is 2.29. The third kappa shape index (κ3) is 4.04. The fourth-order valence-corrected chi connectivity index (χ4v) is 1.51. The second-order valence-electron chi connectivity index (χ2n) is 4.00.